The van der Waals surface area contributed by atoms with Crippen molar-refractivity contribution in [3.8, 4) is 39.7 Å². The van der Waals surface area contributed by atoms with Crippen molar-refractivity contribution in [3.63, 3.8) is 0 Å². The first-order valence-corrected chi connectivity index (χ1v) is 25.3. The summed E-state index contributed by atoms with van der Waals surface area (Å²) in [6.07, 6.45) is 6.23. The van der Waals surface area contributed by atoms with Gasteiger partial charge in [-0.1, -0.05) is 49.1 Å². The topological polar surface area (TPSA) is 75.6 Å². The number of benzene rings is 3. The molecule has 1 aliphatic rings. The minimum atomic E-state index is -2.58. The van der Waals surface area contributed by atoms with Gasteiger partial charge in [0.25, 0.3) is 0 Å². The van der Waals surface area contributed by atoms with Crippen molar-refractivity contribution in [1.29, 1.82) is 5.26 Å². The SMILES string of the molecule is [2H]C([2H])([2H])c1cnc(-c2[c-]ccc3c2oc2nc(C#N)ccc23)cc1-c1ccc(C2([2H])CCC(C)(C)CC2)cc1C([2H])([2H])[2H].[CH3][Ge]([CH3])([CH3])[c]1ccc(-c2[c-]cccc2)nc1.[Ir]. The Bertz CT molecular complexity index is 2730. The third kappa shape index (κ3) is 8.45. The molecule has 0 bridgehead atoms. The number of furan rings is 1. The predicted octanol–water partition coefficient (Wildman–Crippen LogP) is 11.8. The fourth-order valence-corrected chi connectivity index (χ4v) is 8.93. The van der Waals surface area contributed by atoms with Crippen LogP contribution in [0.5, 0.6) is 0 Å². The van der Waals surface area contributed by atoms with E-state index in [2.05, 4.69) is 70.3 Å². The number of aromatic nitrogens is 3. The van der Waals surface area contributed by atoms with Gasteiger partial charge >= 0.3 is 99.8 Å². The molecule has 54 heavy (non-hydrogen) atoms. The first kappa shape index (κ1) is 30.9. The molecular formula is C47H46GeIrN4O-2. The summed E-state index contributed by atoms with van der Waals surface area (Å²) >= 11 is -1.72. The molecule has 0 spiro atoms. The molecule has 3 aromatic carbocycles. The summed E-state index contributed by atoms with van der Waals surface area (Å²) in [7, 11) is 0. The maximum absolute atomic E-state index is 9.27. The Kier molecular flexibility index (Phi) is 9.22. The van der Waals surface area contributed by atoms with E-state index in [1.807, 2.05) is 42.6 Å². The molecule has 1 saturated carbocycles. The van der Waals surface area contributed by atoms with Crippen molar-refractivity contribution in [2.75, 3.05) is 0 Å². The van der Waals surface area contributed by atoms with E-state index < -0.39 is 32.9 Å². The molecule has 1 aliphatic carbocycles. The molecule has 7 heteroatoms. The summed E-state index contributed by atoms with van der Waals surface area (Å²) in [6, 6.07) is 34.0. The van der Waals surface area contributed by atoms with Gasteiger partial charge in [-0.05, 0) is 96.3 Å². The minimum Gasteiger partial charge on any atom is 0 e. The van der Waals surface area contributed by atoms with Crippen LogP contribution in [0.1, 0.15) is 77.4 Å². The minimum absolute atomic E-state index is 0. The standard InChI is InChI=1S/C33H30N3O.C14H16GeN.Ir/c1-20-16-23(22-12-14-33(3,4)15-13-22)8-10-25(20)29-17-30(35-19-21(29)2)28-7-5-6-26-27-11-9-24(18-34)36-32(27)37-31(26)28;1-15(2,3)13-9-10-14(16-11-13)12-7-5-4-6-8-12;/h5-6,8-11,16-17,19,22H,12-15H2,1-4H3;4-7,9-11H,1-3H3;/q2*-1;/i1D3,2D3,22D;;. The van der Waals surface area contributed by atoms with E-state index in [1.54, 1.807) is 42.5 Å². The quantitative estimate of drug-likeness (QED) is 0.127. The second-order valence-corrected chi connectivity index (χ2v) is 26.1. The molecule has 4 aromatic heterocycles. The monoisotopic (exact) mass is 956 g/mol. The molecule has 4 heterocycles. The van der Waals surface area contributed by atoms with E-state index in [4.69, 9.17) is 12.6 Å². The van der Waals surface area contributed by atoms with Crippen LogP contribution in [-0.2, 0) is 20.1 Å². The number of nitrogens with zero attached hydrogens (tertiary/aromatic N) is 4. The Hall–Kier alpha value is -4.41. The Balaban J connectivity index is 0.000000307. The molecular weight excluding hydrogens is 901 g/mol. The smallest absolute Gasteiger partial charge is 0 e. The number of rotatable bonds is 5. The van der Waals surface area contributed by atoms with Crippen LogP contribution in [0.4, 0.5) is 0 Å². The van der Waals surface area contributed by atoms with Crippen molar-refractivity contribution < 1.29 is 34.1 Å². The summed E-state index contributed by atoms with van der Waals surface area (Å²) in [4.78, 5) is 13.3. The van der Waals surface area contributed by atoms with E-state index in [1.165, 1.54) is 10.6 Å². The van der Waals surface area contributed by atoms with Crippen molar-refractivity contribution in [1.82, 2.24) is 15.0 Å². The van der Waals surface area contributed by atoms with E-state index >= 15 is 0 Å². The van der Waals surface area contributed by atoms with Crippen LogP contribution in [0.3, 0.4) is 0 Å². The number of hydrogen-bond acceptors (Lipinski definition) is 5. The summed E-state index contributed by atoms with van der Waals surface area (Å²) in [5, 5.41) is 10.7. The van der Waals surface area contributed by atoms with Gasteiger partial charge in [-0.3, -0.25) is 0 Å². The second kappa shape index (κ2) is 16.1. The van der Waals surface area contributed by atoms with Crippen molar-refractivity contribution in [3.05, 3.63) is 132 Å². The van der Waals surface area contributed by atoms with Gasteiger partial charge in [0.15, 0.2) is 0 Å². The Morgan fingerprint density at radius 3 is 2.33 bits per heavy atom. The molecule has 0 saturated heterocycles. The van der Waals surface area contributed by atoms with Crippen LogP contribution in [-0.4, -0.2) is 28.2 Å². The zero-order chi connectivity index (χ0) is 43.3. The first-order valence-electron chi connectivity index (χ1n) is 21.4. The van der Waals surface area contributed by atoms with Crippen LogP contribution in [0.25, 0.3) is 55.7 Å². The molecule has 1 fully saturated rings. The van der Waals surface area contributed by atoms with Crippen LogP contribution in [0.15, 0.2) is 102 Å². The van der Waals surface area contributed by atoms with Crippen LogP contribution >= 0.6 is 0 Å². The Morgan fingerprint density at radius 1 is 0.852 bits per heavy atom. The van der Waals surface area contributed by atoms with Gasteiger partial charge in [0, 0.05) is 41.3 Å². The van der Waals surface area contributed by atoms with Crippen LogP contribution in [0.2, 0.25) is 17.3 Å². The molecule has 0 aliphatic heterocycles. The molecule has 275 valence electrons. The Morgan fingerprint density at radius 2 is 1.65 bits per heavy atom. The third-order valence-corrected chi connectivity index (χ3v) is 14.4. The number of aryl methyl sites for hydroxylation is 2. The number of pyridine rings is 3. The van der Waals surface area contributed by atoms with Crippen LogP contribution in [0, 0.1) is 42.6 Å². The van der Waals surface area contributed by atoms with E-state index in [9.17, 15) is 6.63 Å². The van der Waals surface area contributed by atoms with Crippen LogP contribution < -0.4 is 4.40 Å². The fourth-order valence-electron chi connectivity index (χ4n) is 6.76. The third-order valence-electron chi connectivity index (χ3n) is 10.1. The number of hydrogen-bond donors (Lipinski definition) is 0. The van der Waals surface area contributed by atoms with E-state index in [0.717, 1.165) is 29.5 Å². The maximum atomic E-state index is 9.27. The largest absolute Gasteiger partial charge is 0 e. The van der Waals surface area contributed by atoms with Gasteiger partial charge < -0.3 is 9.40 Å². The van der Waals surface area contributed by atoms with Crippen molar-refractivity contribution in [2.45, 2.75) is 76.4 Å². The zero-order valence-corrected chi connectivity index (χ0v) is 35.6. The van der Waals surface area contributed by atoms with Gasteiger partial charge in [-0.25, -0.2) is 4.98 Å². The molecule has 0 amide bonds. The normalized spacial score (nSPS) is 17.1. The Labute approximate surface area is 345 Å². The molecule has 8 rings (SSSR count). The molecule has 5 nitrogen and oxygen atoms in total. The molecule has 0 atom stereocenters. The molecule has 1 radical (unpaired) electrons. The number of nitriles is 1. The average molecular weight is 955 g/mol. The van der Waals surface area contributed by atoms with Crippen molar-refractivity contribution >= 4 is 39.7 Å². The average Bonchev–Trinajstić information content (AvgIpc) is 3.59. The van der Waals surface area contributed by atoms with Gasteiger partial charge in [0.2, 0.25) is 5.71 Å². The fraction of sp³-hybridized carbons (Fsp3) is 0.277. The van der Waals surface area contributed by atoms with E-state index in [0.29, 0.717) is 40.6 Å². The van der Waals surface area contributed by atoms with E-state index in [-0.39, 0.29) is 59.2 Å². The summed E-state index contributed by atoms with van der Waals surface area (Å²) in [5.41, 5.74) is 4.87. The van der Waals surface area contributed by atoms with Gasteiger partial charge in [-0.15, -0.1) is 18.2 Å². The summed E-state index contributed by atoms with van der Waals surface area (Å²) in [5.74, 6) is 6.22. The van der Waals surface area contributed by atoms with Gasteiger partial charge in [0.05, 0.1) is 5.58 Å². The predicted molar refractivity (Wildman–Crippen MR) is 220 cm³/mol. The summed E-state index contributed by atoms with van der Waals surface area (Å²) in [6.45, 7) is -0.779. The van der Waals surface area contributed by atoms with Gasteiger partial charge in [-0.2, -0.15) is 5.26 Å². The molecule has 0 unspecified atom stereocenters. The second-order valence-electron chi connectivity index (χ2n) is 15.5. The van der Waals surface area contributed by atoms with Crippen molar-refractivity contribution in [2.24, 2.45) is 5.41 Å². The summed E-state index contributed by atoms with van der Waals surface area (Å²) < 4.78 is 66.7. The molecule has 7 aromatic rings. The number of fused-ring (bicyclic) bond motifs is 3. The van der Waals surface area contributed by atoms with Gasteiger partial charge in [0.1, 0.15) is 11.8 Å². The maximum Gasteiger partial charge on any atom is 0 e. The molecule has 0 N–H and O–H groups in total. The first-order chi connectivity index (χ1) is 28.2. The zero-order valence-electron chi connectivity index (χ0n) is 38.1.